The number of fused-ring (bicyclic) bond motifs is 2. The molecule has 0 N–H and O–H groups in total. The van der Waals surface area contributed by atoms with Crippen LogP contribution in [0.1, 0.15) is 39.7 Å². The van der Waals surface area contributed by atoms with Gasteiger partial charge in [-0.3, -0.25) is 9.59 Å². The summed E-state index contributed by atoms with van der Waals surface area (Å²) in [7, 11) is 0. The summed E-state index contributed by atoms with van der Waals surface area (Å²) in [6.45, 7) is 2.03. The number of hydrogen-bond acceptors (Lipinski definition) is 3. The van der Waals surface area contributed by atoms with Crippen LogP contribution in [0.15, 0.2) is 91.0 Å². The van der Waals surface area contributed by atoms with E-state index in [-0.39, 0.29) is 23.7 Å². The van der Waals surface area contributed by atoms with E-state index in [1.807, 2.05) is 73.7 Å². The highest BCUT2D eigenvalue weighted by Crippen LogP contribution is 2.61. The van der Waals surface area contributed by atoms with Gasteiger partial charge in [0.15, 0.2) is 0 Å². The van der Waals surface area contributed by atoms with Gasteiger partial charge in [-0.1, -0.05) is 78.9 Å². The standard InChI is InChI=1S/C32H22N2O2/c1-17-14-15-23-25(16-17)33-24-13-7-6-12-22(24)30(23)34-31(35)28-26-18-8-2-3-9-19(18)27(29(28)32(34)36)21-11-5-4-10-20(21)26/h2-16,26-29H,1H3. The van der Waals surface area contributed by atoms with Gasteiger partial charge in [-0.05, 0) is 46.9 Å². The maximum Gasteiger partial charge on any atom is 0.238 e. The first-order valence-electron chi connectivity index (χ1n) is 12.5. The average molecular weight is 467 g/mol. The molecule has 9 rings (SSSR count). The maximum atomic E-state index is 14.4. The molecule has 172 valence electrons. The van der Waals surface area contributed by atoms with Crippen molar-refractivity contribution < 1.29 is 9.59 Å². The predicted molar refractivity (Wildman–Crippen MR) is 140 cm³/mol. The summed E-state index contributed by atoms with van der Waals surface area (Å²) in [5.41, 5.74) is 8.09. The number of aryl methyl sites for hydroxylation is 1. The second-order valence-electron chi connectivity index (χ2n) is 10.3. The number of imide groups is 1. The lowest BCUT2D eigenvalue weighted by Gasteiger charge is -2.45. The number of carbonyl (C=O) groups is 2. The maximum absolute atomic E-state index is 14.4. The minimum absolute atomic E-state index is 0.0952. The molecule has 1 fully saturated rings. The molecule has 4 aromatic carbocycles. The average Bonchev–Trinajstić information content (AvgIpc) is 3.17. The fourth-order valence-electron chi connectivity index (χ4n) is 7.12. The van der Waals surface area contributed by atoms with Gasteiger partial charge in [-0.25, -0.2) is 9.88 Å². The zero-order valence-electron chi connectivity index (χ0n) is 19.7. The van der Waals surface area contributed by atoms with Gasteiger partial charge < -0.3 is 0 Å². The number of hydrogen-bond donors (Lipinski definition) is 0. The Morgan fingerprint density at radius 3 is 1.69 bits per heavy atom. The van der Waals surface area contributed by atoms with Crippen molar-refractivity contribution in [2.75, 3.05) is 4.90 Å². The van der Waals surface area contributed by atoms with E-state index >= 15 is 0 Å². The van der Waals surface area contributed by atoms with Crippen LogP contribution >= 0.6 is 0 Å². The third-order valence-corrected chi connectivity index (χ3v) is 8.48. The molecule has 1 saturated heterocycles. The van der Waals surface area contributed by atoms with Crippen molar-refractivity contribution in [2.24, 2.45) is 11.8 Å². The van der Waals surface area contributed by atoms with Crippen LogP contribution < -0.4 is 4.90 Å². The molecule has 3 aliphatic carbocycles. The number of pyridine rings is 1. The molecule has 36 heavy (non-hydrogen) atoms. The largest absolute Gasteiger partial charge is 0.274 e. The van der Waals surface area contributed by atoms with Crippen LogP contribution in [0.25, 0.3) is 21.8 Å². The summed E-state index contributed by atoms with van der Waals surface area (Å²) in [4.78, 5) is 35.2. The molecule has 4 nitrogen and oxygen atoms in total. The minimum atomic E-state index is -0.403. The Hall–Kier alpha value is -4.31. The van der Waals surface area contributed by atoms with E-state index in [1.165, 1.54) is 27.2 Å². The third-order valence-electron chi connectivity index (χ3n) is 8.48. The van der Waals surface area contributed by atoms with E-state index in [2.05, 4.69) is 24.3 Å². The molecule has 2 atom stereocenters. The highest BCUT2D eigenvalue weighted by atomic mass is 16.2. The lowest BCUT2D eigenvalue weighted by molar-refractivity contribution is -0.122. The number of nitrogens with zero attached hydrogens (tertiary/aromatic N) is 2. The summed E-state index contributed by atoms with van der Waals surface area (Å²) in [6, 6.07) is 30.6. The van der Waals surface area contributed by atoms with Crippen molar-refractivity contribution in [1.82, 2.24) is 4.98 Å². The van der Waals surface area contributed by atoms with Crippen molar-refractivity contribution in [3.05, 3.63) is 119 Å². The molecule has 4 aliphatic rings. The van der Waals surface area contributed by atoms with Crippen molar-refractivity contribution in [2.45, 2.75) is 18.8 Å². The monoisotopic (exact) mass is 466 g/mol. The van der Waals surface area contributed by atoms with Crippen molar-refractivity contribution in [1.29, 1.82) is 0 Å². The van der Waals surface area contributed by atoms with Gasteiger partial charge in [0.05, 0.1) is 28.6 Å². The summed E-state index contributed by atoms with van der Waals surface area (Å²) in [6.07, 6.45) is 0. The van der Waals surface area contributed by atoms with Crippen LogP contribution in [0.2, 0.25) is 0 Å². The molecule has 2 unspecified atom stereocenters. The molecular weight excluding hydrogens is 444 g/mol. The number of carbonyl (C=O) groups excluding carboxylic acids is 2. The van der Waals surface area contributed by atoms with E-state index in [0.717, 1.165) is 27.4 Å². The Kier molecular flexibility index (Phi) is 3.81. The first-order chi connectivity index (χ1) is 17.6. The van der Waals surface area contributed by atoms with Crippen LogP contribution in [0.4, 0.5) is 5.69 Å². The van der Waals surface area contributed by atoms with E-state index < -0.39 is 11.8 Å². The first kappa shape index (κ1) is 19.9. The van der Waals surface area contributed by atoms with Gasteiger partial charge in [-0.15, -0.1) is 0 Å². The molecular formula is C32H22N2O2. The molecule has 2 bridgehead atoms. The molecule has 1 aliphatic heterocycles. The Labute approximate surface area is 208 Å². The Balaban J connectivity index is 1.41. The number of amides is 2. The Bertz CT molecular complexity index is 1670. The number of rotatable bonds is 1. The van der Waals surface area contributed by atoms with Crippen LogP contribution in [0, 0.1) is 18.8 Å². The van der Waals surface area contributed by atoms with E-state index in [1.54, 1.807) is 0 Å². The molecule has 4 heteroatoms. The molecule has 5 aromatic rings. The molecule has 0 saturated carbocycles. The third kappa shape index (κ3) is 2.36. The highest BCUT2D eigenvalue weighted by Gasteiger charge is 2.62. The van der Waals surface area contributed by atoms with Crippen molar-refractivity contribution >= 4 is 39.3 Å². The van der Waals surface area contributed by atoms with Gasteiger partial charge in [0.1, 0.15) is 0 Å². The highest BCUT2D eigenvalue weighted by molar-refractivity contribution is 6.29. The fraction of sp³-hybridized carbons (Fsp3) is 0.156. The fourth-order valence-corrected chi connectivity index (χ4v) is 7.12. The van der Waals surface area contributed by atoms with Crippen LogP contribution in [-0.2, 0) is 9.59 Å². The minimum Gasteiger partial charge on any atom is -0.274 e. The first-order valence-corrected chi connectivity index (χ1v) is 12.5. The summed E-state index contributed by atoms with van der Waals surface area (Å²) in [5.74, 6) is -1.23. The van der Waals surface area contributed by atoms with Crippen LogP contribution in [-0.4, -0.2) is 16.8 Å². The smallest absolute Gasteiger partial charge is 0.238 e. The van der Waals surface area contributed by atoms with Crippen LogP contribution in [0.3, 0.4) is 0 Å². The Morgan fingerprint density at radius 1 is 0.611 bits per heavy atom. The number of para-hydroxylation sites is 1. The summed E-state index contributed by atoms with van der Waals surface area (Å²) < 4.78 is 0. The van der Waals surface area contributed by atoms with E-state index in [4.69, 9.17) is 4.98 Å². The zero-order chi connectivity index (χ0) is 24.1. The Morgan fingerprint density at radius 2 is 1.11 bits per heavy atom. The number of aromatic nitrogens is 1. The number of anilines is 1. The van der Waals surface area contributed by atoms with Crippen molar-refractivity contribution in [3.8, 4) is 0 Å². The van der Waals surface area contributed by atoms with E-state index in [0.29, 0.717) is 5.69 Å². The lowest BCUT2D eigenvalue weighted by Crippen LogP contribution is -2.41. The topological polar surface area (TPSA) is 50.3 Å². The normalized spacial score (nSPS) is 23.8. The van der Waals surface area contributed by atoms with Crippen LogP contribution in [0.5, 0.6) is 0 Å². The molecule has 1 aromatic heterocycles. The molecule has 0 spiro atoms. The molecule has 2 amide bonds. The second kappa shape index (κ2) is 6.88. The van der Waals surface area contributed by atoms with Gasteiger partial charge in [0.25, 0.3) is 0 Å². The van der Waals surface area contributed by atoms with Gasteiger partial charge >= 0.3 is 0 Å². The predicted octanol–water partition coefficient (Wildman–Crippen LogP) is 6.09. The van der Waals surface area contributed by atoms with Gasteiger partial charge in [0.2, 0.25) is 11.8 Å². The second-order valence-corrected chi connectivity index (χ2v) is 10.3. The van der Waals surface area contributed by atoms with Gasteiger partial charge in [0, 0.05) is 22.6 Å². The quantitative estimate of drug-likeness (QED) is 0.222. The molecule has 2 heterocycles. The van der Waals surface area contributed by atoms with E-state index in [9.17, 15) is 9.59 Å². The molecule has 0 radical (unpaired) electrons. The zero-order valence-corrected chi connectivity index (χ0v) is 19.7. The van der Waals surface area contributed by atoms with Crippen molar-refractivity contribution in [3.63, 3.8) is 0 Å². The SMILES string of the molecule is Cc1ccc2c(N3C(=O)C4C5c6ccccc6C(c6ccccc65)C4C3=O)c3ccccc3nc2c1. The summed E-state index contributed by atoms with van der Waals surface area (Å²) in [5, 5.41) is 1.67. The van der Waals surface area contributed by atoms with Gasteiger partial charge in [-0.2, -0.15) is 0 Å². The number of benzene rings is 4. The lowest BCUT2D eigenvalue weighted by atomic mass is 9.55. The summed E-state index contributed by atoms with van der Waals surface area (Å²) >= 11 is 0.